The van der Waals surface area contributed by atoms with Gasteiger partial charge in [-0.15, -0.1) is 22.7 Å². The summed E-state index contributed by atoms with van der Waals surface area (Å²) in [6.45, 7) is 0. The number of carbonyl (C=O) groups is 1. The van der Waals surface area contributed by atoms with Crippen LogP contribution >= 0.6 is 34.4 Å². The predicted octanol–water partition coefficient (Wildman–Crippen LogP) is 4.60. The van der Waals surface area contributed by atoms with Gasteiger partial charge in [0.25, 0.3) is 5.56 Å². The van der Waals surface area contributed by atoms with Gasteiger partial charge in [-0.05, 0) is 24.3 Å². The molecule has 27 heavy (non-hydrogen) atoms. The minimum absolute atomic E-state index is 0.0973. The van der Waals surface area contributed by atoms with Crippen molar-refractivity contribution in [2.24, 2.45) is 0 Å². The average molecular weight is 420 g/mol. The molecule has 0 aromatic carbocycles. The van der Waals surface area contributed by atoms with Crippen molar-refractivity contribution in [3.05, 3.63) is 33.2 Å². The molecule has 0 atom stereocenters. The Labute approximate surface area is 169 Å². The van der Waals surface area contributed by atoms with E-state index in [1.54, 1.807) is 11.3 Å². The van der Waals surface area contributed by atoms with Crippen LogP contribution in [0.3, 0.4) is 0 Å². The number of H-pyrrole nitrogens is 1. The van der Waals surface area contributed by atoms with Crippen molar-refractivity contribution in [3.8, 4) is 10.4 Å². The monoisotopic (exact) mass is 419 g/mol. The van der Waals surface area contributed by atoms with Gasteiger partial charge >= 0.3 is 0 Å². The number of thiophene rings is 2. The first-order valence-electron chi connectivity index (χ1n) is 9.07. The molecule has 1 N–H and O–H groups in total. The number of nitrogens with zero attached hydrogens (tertiary/aromatic N) is 2. The van der Waals surface area contributed by atoms with Crippen LogP contribution in [0.2, 0.25) is 0 Å². The largest absolute Gasteiger partial charge is 0.342 e. The van der Waals surface area contributed by atoms with E-state index >= 15 is 0 Å². The maximum absolute atomic E-state index is 12.6. The number of aromatic nitrogens is 2. The van der Waals surface area contributed by atoms with Gasteiger partial charge in [-0.1, -0.05) is 37.1 Å². The molecule has 8 heteroatoms. The van der Waals surface area contributed by atoms with Crippen molar-refractivity contribution in [1.29, 1.82) is 0 Å². The van der Waals surface area contributed by atoms with Gasteiger partial charge in [0.15, 0.2) is 5.16 Å². The fourth-order valence-electron chi connectivity index (χ4n) is 3.51. The summed E-state index contributed by atoms with van der Waals surface area (Å²) in [5.74, 6) is 0.394. The molecule has 0 bridgehead atoms. The molecule has 3 heterocycles. The standard InChI is InChI=1S/C19H21N3O2S3/c1-22(12-6-3-2-4-7-12)15(23)11-27-19-20-17(24)16-13(10-26-18(16)21-19)14-8-5-9-25-14/h5,8-10,12H,2-4,6-7,11H2,1H3,(H,20,21,24). The lowest BCUT2D eigenvalue weighted by Gasteiger charge is -2.31. The van der Waals surface area contributed by atoms with E-state index in [1.807, 2.05) is 34.8 Å². The highest BCUT2D eigenvalue weighted by Crippen LogP contribution is 2.34. The second-order valence-electron chi connectivity index (χ2n) is 6.76. The van der Waals surface area contributed by atoms with Crippen LogP contribution in [0.15, 0.2) is 32.8 Å². The van der Waals surface area contributed by atoms with Crippen LogP contribution in [0.1, 0.15) is 32.1 Å². The van der Waals surface area contributed by atoms with Gasteiger partial charge in [0.05, 0.1) is 11.1 Å². The number of amides is 1. The van der Waals surface area contributed by atoms with Gasteiger partial charge in [-0.25, -0.2) is 4.98 Å². The molecule has 0 spiro atoms. The number of hydrogen-bond acceptors (Lipinski definition) is 6. The first-order chi connectivity index (χ1) is 13.1. The lowest BCUT2D eigenvalue weighted by atomic mass is 9.94. The summed E-state index contributed by atoms with van der Waals surface area (Å²) in [6.07, 6.45) is 5.86. The molecule has 1 aliphatic rings. The first-order valence-corrected chi connectivity index (χ1v) is 11.8. The van der Waals surface area contributed by atoms with E-state index in [2.05, 4.69) is 9.97 Å². The minimum Gasteiger partial charge on any atom is -0.342 e. The number of fused-ring (bicyclic) bond motifs is 1. The molecular formula is C19H21N3O2S3. The molecule has 0 aliphatic heterocycles. The number of aromatic amines is 1. The average Bonchev–Trinajstić information content (AvgIpc) is 3.35. The SMILES string of the molecule is CN(C(=O)CSc1nc2scc(-c3cccs3)c2c(=O)[nH]1)C1CCCCC1. The van der Waals surface area contributed by atoms with Gasteiger partial charge in [0.2, 0.25) is 5.91 Å². The Balaban J connectivity index is 1.48. The topological polar surface area (TPSA) is 66.1 Å². The lowest BCUT2D eigenvalue weighted by Crippen LogP contribution is -2.39. The highest BCUT2D eigenvalue weighted by Gasteiger charge is 2.22. The number of carbonyl (C=O) groups excluding carboxylic acids is 1. The fraction of sp³-hybridized carbons (Fsp3) is 0.421. The zero-order valence-electron chi connectivity index (χ0n) is 15.1. The number of hydrogen-bond donors (Lipinski definition) is 1. The Morgan fingerprint density at radius 1 is 1.33 bits per heavy atom. The molecule has 3 aromatic heterocycles. The summed E-state index contributed by atoms with van der Waals surface area (Å²) in [4.78, 5) is 36.2. The van der Waals surface area contributed by atoms with Crippen LogP contribution in [-0.4, -0.2) is 39.6 Å². The first kappa shape index (κ1) is 18.7. The summed E-state index contributed by atoms with van der Waals surface area (Å²) in [5.41, 5.74) is 0.795. The maximum atomic E-state index is 12.6. The molecule has 1 aliphatic carbocycles. The fourth-order valence-corrected chi connectivity index (χ4v) is 6.12. The van der Waals surface area contributed by atoms with Crippen molar-refractivity contribution in [1.82, 2.24) is 14.9 Å². The van der Waals surface area contributed by atoms with Gasteiger partial charge in [-0.3, -0.25) is 9.59 Å². The summed E-state index contributed by atoms with van der Waals surface area (Å²) in [6, 6.07) is 4.34. The molecule has 3 aromatic rings. The predicted molar refractivity (Wildman–Crippen MR) is 114 cm³/mol. The maximum Gasteiger partial charge on any atom is 0.260 e. The van der Waals surface area contributed by atoms with Crippen LogP contribution in [0.4, 0.5) is 0 Å². The third kappa shape index (κ3) is 3.97. The van der Waals surface area contributed by atoms with E-state index in [9.17, 15) is 9.59 Å². The molecule has 4 rings (SSSR count). The Hall–Kier alpha value is -1.64. The Bertz CT molecular complexity index is 987. The van der Waals surface area contributed by atoms with Crippen LogP contribution in [0.25, 0.3) is 20.7 Å². The van der Waals surface area contributed by atoms with Crippen molar-refractivity contribution in [2.75, 3.05) is 12.8 Å². The normalized spacial score (nSPS) is 15.3. The summed E-state index contributed by atoms with van der Waals surface area (Å²) < 4.78 is 0. The Kier molecular flexibility index (Phi) is 5.66. The van der Waals surface area contributed by atoms with E-state index in [1.165, 1.54) is 42.4 Å². The van der Waals surface area contributed by atoms with E-state index in [-0.39, 0.29) is 11.5 Å². The Morgan fingerprint density at radius 3 is 2.89 bits per heavy atom. The lowest BCUT2D eigenvalue weighted by molar-refractivity contribution is -0.129. The van der Waals surface area contributed by atoms with Crippen molar-refractivity contribution in [2.45, 2.75) is 43.3 Å². The summed E-state index contributed by atoms with van der Waals surface area (Å²) in [7, 11) is 1.89. The molecule has 1 fully saturated rings. The zero-order valence-corrected chi connectivity index (χ0v) is 17.5. The van der Waals surface area contributed by atoms with Gasteiger partial charge in [-0.2, -0.15) is 0 Å². The molecule has 0 saturated heterocycles. The second kappa shape index (κ2) is 8.16. The van der Waals surface area contributed by atoms with E-state index in [4.69, 9.17) is 0 Å². The molecule has 1 amide bonds. The van der Waals surface area contributed by atoms with E-state index < -0.39 is 0 Å². The third-order valence-corrected chi connectivity index (χ3v) is 7.69. The number of thioether (sulfide) groups is 1. The summed E-state index contributed by atoms with van der Waals surface area (Å²) in [5, 5.41) is 5.13. The highest BCUT2D eigenvalue weighted by atomic mass is 32.2. The quantitative estimate of drug-likeness (QED) is 0.485. The van der Waals surface area contributed by atoms with Crippen LogP contribution in [0, 0.1) is 0 Å². The van der Waals surface area contributed by atoms with Gasteiger partial charge in [0, 0.05) is 28.9 Å². The number of nitrogens with one attached hydrogen (secondary N) is 1. The van der Waals surface area contributed by atoms with Crippen molar-refractivity contribution < 1.29 is 4.79 Å². The van der Waals surface area contributed by atoms with Crippen molar-refractivity contribution in [3.63, 3.8) is 0 Å². The molecule has 5 nitrogen and oxygen atoms in total. The third-order valence-electron chi connectivity index (χ3n) is 5.06. The molecule has 0 radical (unpaired) electrons. The van der Waals surface area contributed by atoms with E-state index in [0.717, 1.165) is 28.1 Å². The number of rotatable bonds is 5. The van der Waals surface area contributed by atoms with E-state index in [0.29, 0.717) is 22.3 Å². The van der Waals surface area contributed by atoms with Gasteiger partial charge in [0.1, 0.15) is 4.83 Å². The molecule has 0 unspecified atom stereocenters. The smallest absolute Gasteiger partial charge is 0.260 e. The second-order valence-corrected chi connectivity index (χ2v) is 9.53. The van der Waals surface area contributed by atoms with Crippen LogP contribution in [0.5, 0.6) is 0 Å². The molecule has 1 saturated carbocycles. The Morgan fingerprint density at radius 2 is 2.15 bits per heavy atom. The zero-order chi connectivity index (χ0) is 18.8. The molecule has 142 valence electrons. The van der Waals surface area contributed by atoms with Crippen LogP contribution in [-0.2, 0) is 4.79 Å². The van der Waals surface area contributed by atoms with Crippen LogP contribution < -0.4 is 5.56 Å². The molecular weight excluding hydrogens is 398 g/mol. The minimum atomic E-state index is -0.139. The highest BCUT2D eigenvalue weighted by molar-refractivity contribution is 7.99. The van der Waals surface area contributed by atoms with Gasteiger partial charge < -0.3 is 9.88 Å². The summed E-state index contributed by atoms with van der Waals surface area (Å²) >= 11 is 4.39. The van der Waals surface area contributed by atoms with Crippen molar-refractivity contribution >= 4 is 50.6 Å².